The Balaban J connectivity index is 1.62. The number of nitro groups is 1. The summed E-state index contributed by atoms with van der Waals surface area (Å²) >= 11 is 0. The lowest BCUT2D eigenvalue weighted by atomic mass is 9.96. The molecule has 0 spiro atoms. The van der Waals surface area contributed by atoms with Crippen LogP contribution in [-0.2, 0) is 14.3 Å². The first-order valence-corrected chi connectivity index (χ1v) is 12.1. The molecule has 2 aliphatic heterocycles. The summed E-state index contributed by atoms with van der Waals surface area (Å²) in [5.74, 6) is -1.85. The van der Waals surface area contributed by atoms with Crippen LogP contribution in [0.5, 0.6) is 0 Å². The molecular weight excluding hydrogens is 478 g/mol. The van der Waals surface area contributed by atoms with Crippen LogP contribution in [0.1, 0.15) is 28.6 Å². The van der Waals surface area contributed by atoms with Gasteiger partial charge in [0.15, 0.2) is 5.76 Å². The van der Waals surface area contributed by atoms with Gasteiger partial charge in [0.2, 0.25) is 0 Å². The first kappa shape index (κ1) is 24.6. The first-order valence-electron chi connectivity index (χ1n) is 12.1. The number of aliphatic hydroxyl groups excluding tert-OH is 1. The number of nitro benzene ring substituents is 1. The molecule has 2 aliphatic rings. The van der Waals surface area contributed by atoms with Crippen LogP contribution in [0.25, 0.3) is 11.4 Å². The van der Waals surface area contributed by atoms with Gasteiger partial charge in [-0.3, -0.25) is 29.0 Å². The van der Waals surface area contributed by atoms with Crippen molar-refractivity contribution in [1.82, 2.24) is 19.2 Å². The molecule has 5 rings (SSSR count). The third-order valence-corrected chi connectivity index (χ3v) is 6.96. The lowest BCUT2D eigenvalue weighted by molar-refractivity contribution is -0.384. The van der Waals surface area contributed by atoms with E-state index in [-0.39, 0.29) is 23.6 Å². The predicted molar refractivity (Wildman–Crippen MR) is 134 cm³/mol. The lowest BCUT2D eigenvalue weighted by Gasteiger charge is -2.31. The molecular formula is C26H27N5O6. The molecule has 0 radical (unpaired) electrons. The second-order valence-electron chi connectivity index (χ2n) is 9.23. The maximum Gasteiger partial charge on any atom is 0.295 e. The van der Waals surface area contributed by atoms with Crippen molar-refractivity contribution in [3.63, 3.8) is 0 Å². The molecule has 1 atom stereocenters. The van der Waals surface area contributed by atoms with Gasteiger partial charge in [-0.15, -0.1) is 0 Å². The van der Waals surface area contributed by atoms with Crippen molar-refractivity contribution >= 4 is 28.8 Å². The van der Waals surface area contributed by atoms with Gasteiger partial charge in [0, 0.05) is 44.5 Å². The number of fused-ring (bicyclic) bond motifs is 1. The van der Waals surface area contributed by atoms with Gasteiger partial charge in [-0.1, -0.05) is 6.07 Å². The average molecular weight is 506 g/mol. The number of Topliss-reactive ketones (excluding diaryl/α,β-unsaturated/α-hetero) is 1. The fourth-order valence-electron chi connectivity index (χ4n) is 5.04. The number of non-ortho nitro benzene ring substituents is 1. The number of ether oxygens (including phenoxy) is 1. The Morgan fingerprint density at radius 1 is 1.14 bits per heavy atom. The maximum atomic E-state index is 13.4. The molecule has 11 heteroatoms. The molecule has 3 aromatic rings. The van der Waals surface area contributed by atoms with E-state index >= 15 is 0 Å². The van der Waals surface area contributed by atoms with Crippen LogP contribution in [-0.4, -0.2) is 80.3 Å². The van der Waals surface area contributed by atoms with E-state index in [1.165, 1.54) is 29.2 Å². The van der Waals surface area contributed by atoms with Crippen molar-refractivity contribution in [2.45, 2.75) is 19.9 Å². The number of aryl methyl sites for hydroxylation is 2. The number of benzene rings is 1. The third-order valence-electron chi connectivity index (χ3n) is 6.96. The number of hydrogen-bond acceptors (Lipinski definition) is 8. The molecule has 0 saturated carbocycles. The van der Waals surface area contributed by atoms with E-state index in [9.17, 15) is 24.8 Å². The van der Waals surface area contributed by atoms with Crippen molar-refractivity contribution in [3.8, 4) is 0 Å². The van der Waals surface area contributed by atoms with Gasteiger partial charge < -0.3 is 14.7 Å². The largest absolute Gasteiger partial charge is 0.505 e. The first-order chi connectivity index (χ1) is 17.8. The minimum atomic E-state index is -0.906. The average Bonchev–Trinajstić information content (AvgIpc) is 3.37. The molecule has 0 aliphatic carbocycles. The third kappa shape index (κ3) is 4.36. The normalized spacial score (nSPS) is 20.2. The molecule has 192 valence electrons. The van der Waals surface area contributed by atoms with Gasteiger partial charge in [-0.25, -0.2) is 4.98 Å². The Kier molecular flexibility index (Phi) is 6.48. The van der Waals surface area contributed by atoms with Gasteiger partial charge in [0.25, 0.3) is 17.4 Å². The van der Waals surface area contributed by atoms with Gasteiger partial charge in [-0.2, -0.15) is 0 Å². The number of aliphatic hydroxyl groups is 1. The predicted octanol–water partition coefficient (Wildman–Crippen LogP) is 2.61. The highest BCUT2D eigenvalue weighted by Gasteiger charge is 2.46. The van der Waals surface area contributed by atoms with Gasteiger partial charge in [-0.05, 0) is 43.2 Å². The number of ketones is 1. The van der Waals surface area contributed by atoms with Crippen molar-refractivity contribution < 1.29 is 24.4 Å². The number of morpholine rings is 1. The molecule has 1 aromatic carbocycles. The Bertz CT molecular complexity index is 1420. The summed E-state index contributed by atoms with van der Waals surface area (Å²) in [6.45, 7) is 7.01. The minimum Gasteiger partial charge on any atom is -0.505 e. The smallest absolute Gasteiger partial charge is 0.295 e. The summed E-state index contributed by atoms with van der Waals surface area (Å²) in [5, 5.41) is 22.8. The number of imidazole rings is 1. The molecule has 37 heavy (non-hydrogen) atoms. The fraction of sp³-hybridized carbons (Fsp3) is 0.346. The van der Waals surface area contributed by atoms with Crippen molar-refractivity contribution in [3.05, 3.63) is 80.8 Å². The van der Waals surface area contributed by atoms with E-state index in [1.54, 1.807) is 17.5 Å². The summed E-state index contributed by atoms with van der Waals surface area (Å²) in [5.41, 5.74) is 2.69. The Morgan fingerprint density at radius 2 is 1.84 bits per heavy atom. The molecule has 4 heterocycles. The number of hydrogen-bond donors (Lipinski definition) is 1. The molecule has 2 saturated heterocycles. The highest BCUT2D eigenvalue weighted by molar-refractivity contribution is 6.46. The highest BCUT2D eigenvalue weighted by atomic mass is 16.6. The van der Waals surface area contributed by atoms with E-state index in [0.717, 1.165) is 5.56 Å². The van der Waals surface area contributed by atoms with Crippen LogP contribution in [0.4, 0.5) is 5.69 Å². The molecule has 1 N–H and O–H groups in total. The number of rotatable bonds is 6. The quantitative estimate of drug-likeness (QED) is 0.178. The van der Waals surface area contributed by atoms with Crippen LogP contribution in [0.2, 0.25) is 0 Å². The SMILES string of the molecule is Cc1nc2c(C)cccn2c1/C(O)=C1\C(=O)C(=O)N(CCN2CCOCC2)C1c1ccc([N+](=O)[O-])cc1. The maximum absolute atomic E-state index is 13.4. The Labute approximate surface area is 212 Å². The number of carbonyl (C=O) groups excluding carboxylic acids is 2. The summed E-state index contributed by atoms with van der Waals surface area (Å²) in [4.78, 5) is 45.5. The number of pyridine rings is 1. The zero-order valence-electron chi connectivity index (χ0n) is 20.6. The van der Waals surface area contributed by atoms with Crippen LogP contribution in [0, 0.1) is 24.0 Å². The molecule has 0 bridgehead atoms. The Hall–Kier alpha value is -4.09. The van der Waals surface area contributed by atoms with Crippen LogP contribution >= 0.6 is 0 Å². The van der Waals surface area contributed by atoms with E-state index in [2.05, 4.69) is 9.88 Å². The van der Waals surface area contributed by atoms with Gasteiger partial charge in [0.1, 0.15) is 11.3 Å². The molecule has 2 aromatic heterocycles. The second-order valence-corrected chi connectivity index (χ2v) is 9.23. The highest BCUT2D eigenvalue weighted by Crippen LogP contribution is 2.40. The topological polar surface area (TPSA) is 131 Å². The molecule has 11 nitrogen and oxygen atoms in total. The van der Waals surface area contributed by atoms with Crippen LogP contribution in [0.3, 0.4) is 0 Å². The van der Waals surface area contributed by atoms with E-state index < -0.39 is 22.7 Å². The van der Waals surface area contributed by atoms with Crippen LogP contribution < -0.4 is 0 Å². The minimum absolute atomic E-state index is 0.0627. The zero-order chi connectivity index (χ0) is 26.3. The summed E-state index contributed by atoms with van der Waals surface area (Å²) in [6.07, 6.45) is 1.74. The van der Waals surface area contributed by atoms with E-state index in [4.69, 9.17) is 4.74 Å². The summed E-state index contributed by atoms with van der Waals surface area (Å²) in [7, 11) is 0. The number of amides is 1. The van der Waals surface area contributed by atoms with E-state index in [1.807, 2.05) is 19.1 Å². The molecule has 1 unspecified atom stereocenters. The van der Waals surface area contributed by atoms with Crippen molar-refractivity contribution in [2.75, 3.05) is 39.4 Å². The second kappa shape index (κ2) is 9.75. The van der Waals surface area contributed by atoms with Crippen molar-refractivity contribution in [2.24, 2.45) is 0 Å². The summed E-state index contributed by atoms with van der Waals surface area (Å²) < 4.78 is 7.10. The van der Waals surface area contributed by atoms with Gasteiger partial charge >= 0.3 is 0 Å². The number of aromatic nitrogens is 2. The van der Waals surface area contributed by atoms with E-state index in [0.29, 0.717) is 55.4 Å². The van der Waals surface area contributed by atoms with Crippen LogP contribution in [0.15, 0.2) is 48.2 Å². The molecule has 1 amide bonds. The fourth-order valence-corrected chi connectivity index (χ4v) is 5.04. The molecule has 2 fully saturated rings. The Morgan fingerprint density at radius 3 is 2.51 bits per heavy atom. The lowest BCUT2D eigenvalue weighted by Crippen LogP contribution is -2.42. The zero-order valence-corrected chi connectivity index (χ0v) is 20.6. The number of carbonyl (C=O) groups is 2. The number of likely N-dealkylation sites (tertiary alicyclic amines) is 1. The summed E-state index contributed by atoms with van der Waals surface area (Å²) in [6, 6.07) is 8.52. The standard InChI is InChI=1S/C26H27N5O6/c1-16-4-3-9-29-21(17(2)27-25(16)29)23(32)20-22(18-5-7-19(8-6-18)31(35)36)30(26(34)24(20)33)11-10-28-12-14-37-15-13-28/h3-9,22,32H,10-15H2,1-2H3/b23-20+. The van der Waals surface area contributed by atoms with Crippen molar-refractivity contribution in [1.29, 1.82) is 0 Å². The monoisotopic (exact) mass is 505 g/mol. The van der Waals surface area contributed by atoms with Gasteiger partial charge in [0.05, 0.1) is 35.4 Å². The number of nitrogens with zero attached hydrogens (tertiary/aromatic N) is 5.